The first-order valence-electron chi connectivity index (χ1n) is 7.91. The average Bonchev–Trinajstić information content (AvgIpc) is 2.54. The number of amides is 1. The molecule has 7 heteroatoms. The van der Waals surface area contributed by atoms with Gasteiger partial charge in [0, 0.05) is 13.1 Å². The Morgan fingerprint density at radius 2 is 2.04 bits per heavy atom. The van der Waals surface area contributed by atoms with Crippen molar-refractivity contribution in [1.29, 1.82) is 0 Å². The number of sulfonamides is 1. The van der Waals surface area contributed by atoms with E-state index in [4.69, 9.17) is 4.74 Å². The van der Waals surface area contributed by atoms with E-state index in [-0.39, 0.29) is 5.91 Å². The highest BCUT2D eigenvalue weighted by Gasteiger charge is 2.34. The van der Waals surface area contributed by atoms with Crippen LogP contribution in [0.15, 0.2) is 30.3 Å². The third-order valence-corrected chi connectivity index (χ3v) is 5.10. The molecule has 1 saturated heterocycles. The van der Waals surface area contributed by atoms with E-state index in [1.807, 2.05) is 30.3 Å². The maximum Gasteiger partial charge on any atom is 0.238 e. The molecule has 0 saturated carbocycles. The second kappa shape index (κ2) is 8.31. The van der Waals surface area contributed by atoms with Crippen LogP contribution in [0.1, 0.15) is 25.7 Å². The summed E-state index contributed by atoms with van der Waals surface area (Å²) in [5, 5.41) is 2.82. The van der Waals surface area contributed by atoms with Gasteiger partial charge in [0.25, 0.3) is 0 Å². The van der Waals surface area contributed by atoms with Gasteiger partial charge in [-0.25, -0.2) is 8.42 Å². The molecule has 128 valence electrons. The molecule has 1 fully saturated rings. The molecule has 1 amide bonds. The Morgan fingerprint density at radius 3 is 2.74 bits per heavy atom. The van der Waals surface area contributed by atoms with Crippen molar-refractivity contribution >= 4 is 15.9 Å². The van der Waals surface area contributed by atoms with Crippen LogP contribution in [-0.2, 0) is 14.8 Å². The summed E-state index contributed by atoms with van der Waals surface area (Å²) in [6, 6.07) is 8.91. The lowest BCUT2D eigenvalue weighted by atomic mass is 10.0. The van der Waals surface area contributed by atoms with Gasteiger partial charge in [0.15, 0.2) is 0 Å². The van der Waals surface area contributed by atoms with Gasteiger partial charge in [-0.2, -0.15) is 4.31 Å². The van der Waals surface area contributed by atoms with Gasteiger partial charge in [0.2, 0.25) is 15.9 Å². The van der Waals surface area contributed by atoms with E-state index in [0.717, 1.165) is 24.8 Å². The SMILES string of the molecule is CS(=O)(=O)N1CCCCC1C(=O)NCCCOc1ccccc1. The molecule has 0 aliphatic carbocycles. The van der Waals surface area contributed by atoms with Crippen molar-refractivity contribution in [3.63, 3.8) is 0 Å². The number of para-hydroxylation sites is 1. The smallest absolute Gasteiger partial charge is 0.238 e. The van der Waals surface area contributed by atoms with E-state index in [1.165, 1.54) is 4.31 Å². The number of carbonyl (C=O) groups excluding carboxylic acids is 1. The highest BCUT2D eigenvalue weighted by Crippen LogP contribution is 2.19. The van der Waals surface area contributed by atoms with Crippen LogP contribution in [0.3, 0.4) is 0 Å². The molecular formula is C16H24N2O4S. The number of nitrogens with zero attached hydrogens (tertiary/aromatic N) is 1. The summed E-state index contributed by atoms with van der Waals surface area (Å²) >= 11 is 0. The van der Waals surface area contributed by atoms with Crippen molar-refractivity contribution in [2.75, 3.05) is 26.0 Å². The molecule has 0 bridgehead atoms. The lowest BCUT2D eigenvalue weighted by molar-refractivity contribution is -0.125. The Balaban J connectivity index is 1.73. The second-order valence-corrected chi connectivity index (χ2v) is 7.63. The van der Waals surface area contributed by atoms with Gasteiger partial charge in [-0.3, -0.25) is 4.79 Å². The number of piperidine rings is 1. The fraction of sp³-hybridized carbons (Fsp3) is 0.562. The number of rotatable bonds is 7. The number of nitrogens with one attached hydrogen (secondary N) is 1. The molecule has 0 radical (unpaired) electrons. The van der Waals surface area contributed by atoms with Gasteiger partial charge in [0.05, 0.1) is 12.9 Å². The highest BCUT2D eigenvalue weighted by molar-refractivity contribution is 7.88. The Labute approximate surface area is 137 Å². The summed E-state index contributed by atoms with van der Waals surface area (Å²) in [7, 11) is -3.34. The number of hydrogen-bond donors (Lipinski definition) is 1. The first-order valence-corrected chi connectivity index (χ1v) is 9.75. The summed E-state index contributed by atoms with van der Waals surface area (Å²) in [5.41, 5.74) is 0. The molecule has 1 aromatic carbocycles. The van der Waals surface area contributed by atoms with E-state index in [2.05, 4.69) is 5.32 Å². The van der Waals surface area contributed by atoms with Crippen molar-refractivity contribution in [3.8, 4) is 5.75 Å². The number of benzene rings is 1. The minimum absolute atomic E-state index is 0.213. The van der Waals surface area contributed by atoms with Gasteiger partial charge in [-0.05, 0) is 31.4 Å². The van der Waals surface area contributed by atoms with Crippen molar-refractivity contribution in [2.24, 2.45) is 0 Å². The zero-order chi connectivity index (χ0) is 16.7. The zero-order valence-corrected chi connectivity index (χ0v) is 14.2. The first-order chi connectivity index (χ1) is 11.0. The van der Waals surface area contributed by atoms with E-state index < -0.39 is 16.1 Å². The minimum Gasteiger partial charge on any atom is -0.494 e. The van der Waals surface area contributed by atoms with Crippen LogP contribution < -0.4 is 10.1 Å². The molecule has 2 rings (SSSR count). The van der Waals surface area contributed by atoms with E-state index in [1.54, 1.807) is 0 Å². The largest absolute Gasteiger partial charge is 0.494 e. The molecule has 6 nitrogen and oxygen atoms in total. The maximum absolute atomic E-state index is 12.2. The molecule has 23 heavy (non-hydrogen) atoms. The molecule has 1 aliphatic rings. The Hall–Kier alpha value is -1.60. The lowest BCUT2D eigenvalue weighted by Crippen LogP contribution is -2.51. The molecule has 1 heterocycles. The fourth-order valence-electron chi connectivity index (χ4n) is 2.67. The highest BCUT2D eigenvalue weighted by atomic mass is 32.2. The van der Waals surface area contributed by atoms with Gasteiger partial charge >= 0.3 is 0 Å². The third kappa shape index (κ3) is 5.51. The van der Waals surface area contributed by atoms with E-state index >= 15 is 0 Å². The third-order valence-electron chi connectivity index (χ3n) is 3.81. The van der Waals surface area contributed by atoms with Crippen LogP contribution in [-0.4, -0.2) is 50.6 Å². The molecular weight excluding hydrogens is 316 g/mol. The Morgan fingerprint density at radius 1 is 1.30 bits per heavy atom. The van der Waals surface area contributed by atoms with Crippen molar-refractivity contribution < 1.29 is 17.9 Å². The van der Waals surface area contributed by atoms with Crippen LogP contribution >= 0.6 is 0 Å². The molecule has 1 aliphatic heterocycles. The molecule has 1 atom stereocenters. The van der Waals surface area contributed by atoms with Gasteiger partial charge in [-0.15, -0.1) is 0 Å². The van der Waals surface area contributed by atoms with Crippen molar-refractivity contribution in [1.82, 2.24) is 9.62 Å². The summed E-state index contributed by atoms with van der Waals surface area (Å²) < 4.78 is 30.4. The Kier molecular flexibility index (Phi) is 6.41. The van der Waals surface area contributed by atoms with Crippen molar-refractivity contribution in [2.45, 2.75) is 31.7 Å². The summed E-state index contributed by atoms with van der Waals surface area (Å²) in [6.45, 7) is 1.40. The predicted octanol–water partition coefficient (Wildman–Crippen LogP) is 1.39. The predicted molar refractivity (Wildman–Crippen MR) is 88.8 cm³/mol. The molecule has 1 unspecified atom stereocenters. The summed E-state index contributed by atoms with van der Waals surface area (Å²) in [6.07, 6.45) is 4.10. The number of ether oxygens (including phenoxy) is 1. The normalized spacial score (nSPS) is 19.3. The minimum atomic E-state index is -3.34. The maximum atomic E-state index is 12.2. The zero-order valence-electron chi connectivity index (χ0n) is 13.4. The van der Waals surface area contributed by atoms with Gasteiger partial charge in [-0.1, -0.05) is 24.6 Å². The quantitative estimate of drug-likeness (QED) is 0.761. The topological polar surface area (TPSA) is 75.7 Å². The summed E-state index contributed by atoms with van der Waals surface area (Å²) in [5.74, 6) is 0.587. The molecule has 1 N–H and O–H groups in total. The van der Waals surface area contributed by atoms with E-state index in [0.29, 0.717) is 32.5 Å². The van der Waals surface area contributed by atoms with Crippen LogP contribution in [0, 0.1) is 0 Å². The monoisotopic (exact) mass is 340 g/mol. The van der Waals surface area contributed by atoms with E-state index in [9.17, 15) is 13.2 Å². The average molecular weight is 340 g/mol. The first kappa shape index (κ1) is 17.7. The number of carbonyl (C=O) groups is 1. The lowest BCUT2D eigenvalue weighted by Gasteiger charge is -2.32. The molecule has 0 spiro atoms. The van der Waals surface area contributed by atoms with Crippen LogP contribution in [0.25, 0.3) is 0 Å². The standard InChI is InChI=1S/C16H24N2O4S/c1-23(20,21)18-12-6-5-10-15(18)16(19)17-11-7-13-22-14-8-3-2-4-9-14/h2-4,8-9,15H,5-7,10-13H2,1H3,(H,17,19). The van der Waals surface area contributed by atoms with Gasteiger partial charge in [0.1, 0.15) is 11.8 Å². The fourth-order valence-corrected chi connectivity index (χ4v) is 3.80. The number of hydrogen-bond acceptors (Lipinski definition) is 4. The Bertz CT molecular complexity index is 604. The molecule has 1 aromatic rings. The van der Waals surface area contributed by atoms with Crippen LogP contribution in [0.4, 0.5) is 0 Å². The van der Waals surface area contributed by atoms with Crippen molar-refractivity contribution in [3.05, 3.63) is 30.3 Å². The van der Waals surface area contributed by atoms with Crippen LogP contribution in [0.5, 0.6) is 5.75 Å². The molecule has 0 aromatic heterocycles. The van der Waals surface area contributed by atoms with Crippen LogP contribution in [0.2, 0.25) is 0 Å². The van der Waals surface area contributed by atoms with Gasteiger partial charge < -0.3 is 10.1 Å². The summed E-state index contributed by atoms with van der Waals surface area (Å²) in [4.78, 5) is 12.2. The second-order valence-electron chi connectivity index (χ2n) is 5.69.